The molecule has 0 aliphatic rings. The Hall–Kier alpha value is -5.65. The van der Waals surface area contributed by atoms with Crippen LogP contribution in [0.25, 0.3) is 0 Å². The molecule has 0 bridgehead atoms. The molecule has 0 aliphatic carbocycles. The third kappa shape index (κ3) is 7.47. The Bertz CT molecular complexity index is 1770. The standard InChI is InChI=1S/C39H27ClO5/c1-26-2-4-27(5-3-26)38(41)29-8-14-32(15-9-29)43-34-18-22-36(23-19-34)45-37-24-20-35(21-25-37)44-33-16-10-30(11-17-33)39(42)28-6-12-31(40)13-7-28/h2-25H,1H3. The van der Waals surface area contributed by atoms with Gasteiger partial charge in [-0.1, -0.05) is 41.4 Å². The minimum absolute atomic E-state index is 0.0276. The molecule has 0 fully saturated rings. The van der Waals surface area contributed by atoms with E-state index in [0.717, 1.165) is 5.56 Å². The molecule has 0 heterocycles. The molecule has 0 unspecified atom stereocenters. The number of ketones is 2. The lowest BCUT2D eigenvalue weighted by Crippen LogP contribution is -2.00. The van der Waals surface area contributed by atoms with Crippen LogP contribution in [0, 0.1) is 6.92 Å². The molecule has 0 amide bonds. The Labute approximate surface area is 266 Å². The smallest absolute Gasteiger partial charge is 0.193 e. The number of hydrogen-bond acceptors (Lipinski definition) is 5. The van der Waals surface area contributed by atoms with Crippen LogP contribution in [0.3, 0.4) is 0 Å². The number of rotatable bonds is 10. The highest BCUT2D eigenvalue weighted by molar-refractivity contribution is 6.30. The number of ether oxygens (including phenoxy) is 3. The van der Waals surface area contributed by atoms with Crippen molar-refractivity contribution in [2.75, 3.05) is 0 Å². The van der Waals surface area contributed by atoms with Crippen LogP contribution in [0.1, 0.15) is 37.4 Å². The Kier molecular flexibility index (Phi) is 8.72. The van der Waals surface area contributed by atoms with Gasteiger partial charge in [0.15, 0.2) is 11.6 Å². The van der Waals surface area contributed by atoms with E-state index in [1.165, 1.54) is 0 Å². The zero-order chi connectivity index (χ0) is 31.2. The second-order valence-corrected chi connectivity index (χ2v) is 10.8. The van der Waals surface area contributed by atoms with Crippen LogP contribution in [0.2, 0.25) is 5.02 Å². The first kappa shape index (κ1) is 29.4. The van der Waals surface area contributed by atoms with Crippen molar-refractivity contribution in [1.82, 2.24) is 0 Å². The minimum Gasteiger partial charge on any atom is -0.457 e. The van der Waals surface area contributed by atoms with Crippen LogP contribution < -0.4 is 14.2 Å². The fourth-order valence-electron chi connectivity index (χ4n) is 4.55. The summed E-state index contributed by atoms with van der Waals surface area (Å²) in [6.45, 7) is 1.99. The largest absolute Gasteiger partial charge is 0.457 e. The van der Waals surface area contributed by atoms with Gasteiger partial charge < -0.3 is 14.2 Å². The predicted octanol–water partition coefficient (Wildman–Crippen LogP) is 10.5. The molecule has 0 aromatic heterocycles. The van der Waals surface area contributed by atoms with Crippen molar-refractivity contribution in [2.24, 2.45) is 0 Å². The molecule has 0 saturated heterocycles. The summed E-state index contributed by atoms with van der Waals surface area (Å²) in [6, 6.07) is 43.0. The SMILES string of the molecule is Cc1ccc(C(=O)c2ccc(Oc3ccc(Oc4ccc(Oc5ccc(C(=O)c6ccc(Cl)cc6)cc5)cc4)cc3)cc2)cc1. The van der Waals surface area contributed by atoms with Gasteiger partial charge in [0.1, 0.15) is 34.5 Å². The predicted molar refractivity (Wildman–Crippen MR) is 175 cm³/mol. The van der Waals surface area contributed by atoms with E-state index in [1.54, 1.807) is 72.8 Å². The minimum atomic E-state index is -0.0831. The second kappa shape index (κ2) is 13.3. The molecule has 0 radical (unpaired) electrons. The zero-order valence-electron chi connectivity index (χ0n) is 24.3. The normalized spacial score (nSPS) is 10.6. The molecule has 0 saturated carbocycles. The van der Waals surface area contributed by atoms with Gasteiger partial charge in [-0.25, -0.2) is 0 Å². The van der Waals surface area contributed by atoms with Crippen molar-refractivity contribution < 1.29 is 23.8 Å². The summed E-state index contributed by atoms with van der Waals surface area (Å²) in [4.78, 5) is 25.4. The fourth-order valence-corrected chi connectivity index (χ4v) is 4.67. The first-order chi connectivity index (χ1) is 21.9. The molecule has 6 heteroatoms. The van der Waals surface area contributed by atoms with Crippen molar-refractivity contribution in [3.63, 3.8) is 0 Å². The van der Waals surface area contributed by atoms with Gasteiger partial charge in [-0.05, 0) is 128 Å². The molecule has 45 heavy (non-hydrogen) atoms. The van der Waals surface area contributed by atoms with Gasteiger partial charge in [-0.15, -0.1) is 0 Å². The van der Waals surface area contributed by atoms with E-state index in [1.807, 2.05) is 79.7 Å². The van der Waals surface area contributed by atoms with Crippen molar-refractivity contribution in [2.45, 2.75) is 6.92 Å². The summed E-state index contributed by atoms with van der Waals surface area (Å²) in [5, 5.41) is 0.586. The zero-order valence-corrected chi connectivity index (χ0v) is 25.0. The molecule has 0 aliphatic heterocycles. The highest BCUT2D eigenvalue weighted by atomic mass is 35.5. The Morgan fingerprint density at radius 1 is 0.378 bits per heavy atom. The molecular weight excluding hydrogens is 584 g/mol. The monoisotopic (exact) mass is 610 g/mol. The first-order valence-corrected chi connectivity index (χ1v) is 14.6. The number of carbonyl (C=O) groups excluding carboxylic acids is 2. The summed E-state index contributed by atoms with van der Waals surface area (Å²) in [5.74, 6) is 3.70. The fraction of sp³-hybridized carbons (Fsp3) is 0.0256. The van der Waals surface area contributed by atoms with Gasteiger partial charge in [-0.3, -0.25) is 9.59 Å². The topological polar surface area (TPSA) is 61.8 Å². The van der Waals surface area contributed by atoms with Crippen LogP contribution in [0.4, 0.5) is 0 Å². The van der Waals surface area contributed by atoms with Crippen LogP contribution in [0.5, 0.6) is 34.5 Å². The van der Waals surface area contributed by atoms with Crippen LogP contribution in [0.15, 0.2) is 146 Å². The lowest BCUT2D eigenvalue weighted by Gasteiger charge is -2.10. The summed E-state index contributed by atoms with van der Waals surface area (Å²) in [6.07, 6.45) is 0. The Morgan fingerprint density at radius 3 is 0.889 bits per heavy atom. The maximum Gasteiger partial charge on any atom is 0.193 e. The lowest BCUT2D eigenvalue weighted by molar-refractivity contribution is 0.103. The van der Waals surface area contributed by atoms with Gasteiger partial charge in [-0.2, -0.15) is 0 Å². The van der Waals surface area contributed by atoms with Crippen molar-refractivity contribution in [3.8, 4) is 34.5 Å². The van der Waals surface area contributed by atoms with E-state index in [0.29, 0.717) is 61.8 Å². The van der Waals surface area contributed by atoms with Crippen LogP contribution >= 0.6 is 11.6 Å². The van der Waals surface area contributed by atoms with Crippen molar-refractivity contribution in [1.29, 1.82) is 0 Å². The quantitative estimate of drug-likeness (QED) is 0.144. The third-order valence-corrected chi connectivity index (χ3v) is 7.26. The average molecular weight is 611 g/mol. The third-order valence-electron chi connectivity index (χ3n) is 7.01. The highest BCUT2D eigenvalue weighted by Gasteiger charge is 2.11. The Balaban J connectivity index is 1.01. The van der Waals surface area contributed by atoms with E-state index >= 15 is 0 Å². The Morgan fingerprint density at radius 2 is 0.600 bits per heavy atom. The molecule has 0 N–H and O–H groups in total. The number of aryl methyl sites for hydroxylation is 1. The maximum absolute atomic E-state index is 12.7. The first-order valence-electron chi connectivity index (χ1n) is 14.3. The molecular formula is C39H27ClO5. The van der Waals surface area contributed by atoms with Crippen molar-refractivity contribution >= 4 is 23.2 Å². The molecule has 220 valence electrons. The molecule has 0 spiro atoms. The summed E-state index contributed by atoms with van der Waals surface area (Å²) >= 11 is 5.92. The van der Waals surface area contributed by atoms with Gasteiger partial charge in [0.2, 0.25) is 0 Å². The molecule has 6 rings (SSSR count). The number of benzene rings is 6. The van der Waals surface area contributed by atoms with Gasteiger partial charge in [0.25, 0.3) is 0 Å². The molecule has 5 nitrogen and oxygen atoms in total. The number of carbonyl (C=O) groups is 2. The van der Waals surface area contributed by atoms with Crippen LogP contribution in [-0.2, 0) is 0 Å². The highest BCUT2D eigenvalue weighted by Crippen LogP contribution is 2.30. The van der Waals surface area contributed by atoms with E-state index in [4.69, 9.17) is 25.8 Å². The van der Waals surface area contributed by atoms with E-state index in [2.05, 4.69) is 0 Å². The average Bonchev–Trinajstić information content (AvgIpc) is 3.07. The van der Waals surface area contributed by atoms with E-state index in [-0.39, 0.29) is 11.6 Å². The summed E-state index contributed by atoms with van der Waals surface area (Å²) in [5.41, 5.74) is 3.51. The second-order valence-electron chi connectivity index (χ2n) is 10.3. The van der Waals surface area contributed by atoms with E-state index in [9.17, 15) is 9.59 Å². The van der Waals surface area contributed by atoms with E-state index < -0.39 is 0 Å². The number of hydrogen-bond donors (Lipinski definition) is 0. The summed E-state index contributed by atoms with van der Waals surface area (Å²) in [7, 11) is 0. The maximum atomic E-state index is 12.7. The van der Waals surface area contributed by atoms with Gasteiger partial charge in [0, 0.05) is 27.3 Å². The molecule has 6 aromatic carbocycles. The number of halogens is 1. The summed E-state index contributed by atoms with van der Waals surface area (Å²) < 4.78 is 17.9. The van der Waals surface area contributed by atoms with Gasteiger partial charge >= 0.3 is 0 Å². The lowest BCUT2D eigenvalue weighted by atomic mass is 10.0. The van der Waals surface area contributed by atoms with Gasteiger partial charge in [0.05, 0.1) is 0 Å². The van der Waals surface area contributed by atoms with Crippen LogP contribution in [-0.4, -0.2) is 11.6 Å². The molecule has 0 atom stereocenters. The molecule has 6 aromatic rings. The van der Waals surface area contributed by atoms with Crippen molar-refractivity contribution in [3.05, 3.63) is 178 Å².